The summed E-state index contributed by atoms with van der Waals surface area (Å²) in [6.07, 6.45) is 1.78. The van der Waals surface area contributed by atoms with E-state index < -0.39 is 15.9 Å². The summed E-state index contributed by atoms with van der Waals surface area (Å²) in [5.41, 5.74) is 6.10. The molecule has 0 unspecified atom stereocenters. The summed E-state index contributed by atoms with van der Waals surface area (Å²) in [6, 6.07) is 10.1. The van der Waals surface area contributed by atoms with Crippen LogP contribution in [0.5, 0.6) is 0 Å². The number of hydrogen-bond acceptors (Lipinski definition) is 9. The number of primary amides is 1. The van der Waals surface area contributed by atoms with Crippen molar-refractivity contribution in [2.45, 2.75) is 44.6 Å². The summed E-state index contributed by atoms with van der Waals surface area (Å²) in [5.74, 6) is -0.982. The molecule has 11 nitrogen and oxygen atoms in total. The Bertz CT molecular complexity index is 1670. The zero-order chi connectivity index (χ0) is 27.9. The number of hydrogen-bond donors (Lipinski definition) is 2. The van der Waals surface area contributed by atoms with E-state index in [0.29, 0.717) is 40.2 Å². The fraction of sp³-hybridized carbons (Fsp3) is 0.346. The molecule has 39 heavy (non-hydrogen) atoms. The normalized spacial score (nSPS) is 14.8. The Morgan fingerprint density at radius 2 is 1.79 bits per heavy atom. The van der Waals surface area contributed by atoms with Gasteiger partial charge in [-0.3, -0.25) is 9.59 Å². The van der Waals surface area contributed by atoms with Gasteiger partial charge in [-0.1, -0.05) is 37.3 Å². The van der Waals surface area contributed by atoms with Crippen LogP contribution in [0.2, 0.25) is 0 Å². The third-order valence-electron chi connectivity index (χ3n) is 6.53. The highest BCUT2D eigenvalue weighted by Gasteiger charge is 2.30. The highest BCUT2D eigenvalue weighted by molar-refractivity contribution is 7.89. The number of aromatic nitrogens is 3. The largest absolute Gasteiger partial charge is 0.410 e. The van der Waals surface area contributed by atoms with E-state index >= 15 is 0 Å². The second-order valence-electron chi connectivity index (χ2n) is 9.88. The zero-order valence-corrected chi connectivity index (χ0v) is 23.3. The lowest BCUT2D eigenvalue weighted by molar-refractivity contribution is 0.0692. The molecule has 204 valence electrons. The Morgan fingerprint density at radius 3 is 2.44 bits per heavy atom. The predicted molar refractivity (Wildman–Crippen MR) is 147 cm³/mol. The molecule has 2 amide bonds. The number of rotatable bonds is 7. The van der Waals surface area contributed by atoms with Crippen molar-refractivity contribution in [3.8, 4) is 21.3 Å². The van der Waals surface area contributed by atoms with Crippen LogP contribution in [0, 0.1) is 5.92 Å². The Kier molecular flexibility index (Phi) is 7.23. The molecule has 3 N–H and O–H groups in total. The van der Waals surface area contributed by atoms with Crippen LogP contribution in [0.1, 0.15) is 54.8 Å². The van der Waals surface area contributed by atoms with Gasteiger partial charge in [-0.15, -0.1) is 21.5 Å². The molecule has 0 saturated carbocycles. The van der Waals surface area contributed by atoms with Gasteiger partial charge in [0.25, 0.3) is 11.8 Å². The maximum atomic E-state index is 13.8. The molecule has 0 radical (unpaired) electrons. The number of nitrogens with two attached hydrogens (primary N) is 1. The number of benzene rings is 2. The second-order valence-corrected chi connectivity index (χ2v) is 12.6. The lowest BCUT2D eigenvalue weighted by atomic mass is 9.98. The lowest BCUT2D eigenvalue weighted by Crippen LogP contribution is -2.38. The van der Waals surface area contributed by atoms with Crippen LogP contribution in [0.15, 0.2) is 45.7 Å². The van der Waals surface area contributed by atoms with Crippen molar-refractivity contribution in [1.29, 1.82) is 0 Å². The smallest absolute Gasteiger partial charge is 0.306 e. The van der Waals surface area contributed by atoms with Gasteiger partial charge in [-0.25, -0.2) is 18.1 Å². The molecule has 0 spiro atoms. The first-order valence-corrected chi connectivity index (χ1v) is 14.8. The van der Waals surface area contributed by atoms with Crippen molar-refractivity contribution in [1.82, 2.24) is 24.8 Å². The average Bonchev–Trinajstić information content (AvgIpc) is 3.55. The Hall–Kier alpha value is -3.68. The van der Waals surface area contributed by atoms with E-state index in [4.69, 9.17) is 10.2 Å². The van der Waals surface area contributed by atoms with Crippen molar-refractivity contribution in [3.05, 3.63) is 48.0 Å². The summed E-state index contributed by atoms with van der Waals surface area (Å²) in [6.45, 7) is 6.89. The number of nitrogens with one attached hydrogen (secondary N) is 1. The Labute approximate surface area is 229 Å². The van der Waals surface area contributed by atoms with Crippen molar-refractivity contribution < 1.29 is 22.4 Å². The van der Waals surface area contributed by atoms with Crippen LogP contribution in [0.25, 0.3) is 32.1 Å². The Morgan fingerprint density at radius 1 is 1.10 bits per heavy atom. The SMILES string of the molecule is CC1CCN(C(=O)c2nc(-c3nnc(C(N)=O)o3)sc2-c2ccc(S(=O)(=O)NC(C)C)c3ccccc23)CC1. The van der Waals surface area contributed by atoms with Gasteiger partial charge in [0, 0.05) is 30.1 Å². The van der Waals surface area contributed by atoms with Crippen LogP contribution in [-0.4, -0.2) is 59.4 Å². The molecule has 1 aliphatic rings. The molecule has 0 bridgehead atoms. The number of carbonyl (C=O) groups is 2. The van der Waals surface area contributed by atoms with Crippen molar-refractivity contribution in [3.63, 3.8) is 0 Å². The molecule has 3 heterocycles. The monoisotopic (exact) mass is 568 g/mol. The van der Waals surface area contributed by atoms with Gasteiger partial charge in [0.15, 0.2) is 5.01 Å². The highest BCUT2D eigenvalue weighted by atomic mass is 32.2. The van der Waals surface area contributed by atoms with E-state index in [1.165, 1.54) is 6.07 Å². The molecule has 0 atom stereocenters. The molecule has 1 aliphatic heterocycles. The van der Waals surface area contributed by atoms with E-state index in [1.54, 1.807) is 36.9 Å². The standard InChI is InChI=1S/C26H28N6O5S2/c1-14(2)31-39(35,36)19-9-8-18(16-6-4-5-7-17(16)19)21-20(26(34)32-12-10-15(3)11-13-32)28-25(38-21)24-30-29-23(37-24)22(27)33/h4-9,14-15,31H,10-13H2,1-3H3,(H2,27,33). The van der Waals surface area contributed by atoms with Crippen LogP contribution in [-0.2, 0) is 10.0 Å². The molecule has 0 aliphatic carbocycles. The van der Waals surface area contributed by atoms with E-state index in [2.05, 4.69) is 26.8 Å². The van der Waals surface area contributed by atoms with Crippen LogP contribution in [0.4, 0.5) is 0 Å². The second kappa shape index (κ2) is 10.5. The third-order valence-corrected chi connectivity index (χ3v) is 9.32. The van der Waals surface area contributed by atoms with Gasteiger partial charge in [-0.2, -0.15) is 0 Å². The van der Waals surface area contributed by atoms with E-state index in [0.717, 1.165) is 24.2 Å². The first kappa shape index (κ1) is 26.9. The molecule has 1 fully saturated rings. The quantitative estimate of drug-likeness (QED) is 0.341. The molecular formula is C26H28N6O5S2. The van der Waals surface area contributed by atoms with Gasteiger partial charge in [-0.05, 0) is 44.1 Å². The summed E-state index contributed by atoms with van der Waals surface area (Å²) in [7, 11) is -3.79. The summed E-state index contributed by atoms with van der Waals surface area (Å²) >= 11 is 1.15. The summed E-state index contributed by atoms with van der Waals surface area (Å²) < 4.78 is 34.3. The summed E-state index contributed by atoms with van der Waals surface area (Å²) in [4.78, 5) is 32.3. The maximum absolute atomic E-state index is 13.8. The van der Waals surface area contributed by atoms with Gasteiger partial charge in [0.1, 0.15) is 5.69 Å². The van der Waals surface area contributed by atoms with E-state index in [-0.39, 0.29) is 39.3 Å². The van der Waals surface area contributed by atoms with Gasteiger partial charge in [0.05, 0.1) is 9.77 Å². The average molecular weight is 569 g/mol. The Balaban J connectivity index is 1.68. The van der Waals surface area contributed by atoms with Crippen LogP contribution < -0.4 is 10.5 Å². The molecule has 2 aromatic carbocycles. The third kappa shape index (κ3) is 5.29. The first-order chi connectivity index (χ1) is 18.5. The lowest BCUT2D eigenvalue weighted by Gasteiger charge is -2.30. The number of fused-ring (bicyclic) bond motifs is 1. The minimum atomic E-state index is -3.79. The number of piperidine rings is 1. The number of carbonyl (C=O) groups excluding carboxylic acids is 2. The van der Waals surface area contributed by atoms with Gasteiger partial charge < -0.3 is 15.1 Å². The predicted octanol–water partition coefficient (Wildman–Crippen LogP) is 3.67. The van der Waals surface area contributed by atoms with Gasteiger partial charge in [0.2, 0.25) is 10.0 Å². The molecule has 5 rings (SSSR count). The van der Waals surface area contributed by atoms with E-state index in [1.807, 2.05) is 12.1 Å². The molecule has 2 aromatic heterocycles. The summed E-state index contributed by atoms with van der Waals surface area (Å²) in [5, 5.41) is 8.96. The number of nitrogens with zero attached hydrogens (tertiary/aromatic N) is 4. The fourth-order valence-electron chi connectivity index (χ4n) is 4.59. The highest BCUT2D eigenvalue weighted by Crippen LogP contribution is 2.41. The number of sulfonamides is 1. The molecule has 1 saturated heterocycles. The van der Waals surface area contributed by atoms with Crippen molar-refractivity contribution in [2.24, 2.45) is 11.7 Å². The minimum absolute atomic E-state index is 0.0361. The number of amides is 2. The number of thiazole rings is 1. The van der Waals surface area contributed by atoms with E-state index in [9.17, 15) is 18.0 Å². The minimum Gasteiger partial charge on any atom is -0.410 e. The van der Waals surface area contributed by atoms with Crippen LogP contribution in [0.3, 0.4) is 0 Å². The first-order valence-electron chi connectivity index (χ1n) is 12.5. The fourth-order valence-corrected chi connectivity index (χ4v) is 7.07. The molecule has 4 aromatic rings. The topological polar surface area (TPSA) is 161 Å². The van der Waals surface area contributed by atoms with Crippen molar-refractivity contribution in [2.75, 3.05) is 13.1 Å². The van der Waals surface area contributed by atoms with Crippen LogP contribution >= 0.6 is 11.3 Å². The zero-order valence-electron chi connectivity index (χ0n) is 21.7. The van der Waals surface area contributed by atoms with Gasteiger partial charge >= 0.3 is 11.8 Å². The molecule has 13 heteroatoms. The van der Waals surface area contributed by atoms with Crippen molar-refractivity contribution >= 4 is 43.9 Å². The maximum Gasteiger partial charge on any atom is 0.306 e. The molecular weight excluding hydrogens is 540 g/mol. The number of likely N-dealkylation sites (tertiary alicyclic amines) is 1.